The number of hydrogen-bond donors (Lipinski definition) is 1. The Morgan fingerprint density at radius 1 is 1.00 bits per heavy atom. The van der Waals surface area contributed by atoms with E-state index >= 15 is 0 Å². The Morgan fingerprint density at radius 2 is 1.54 bits per heavy atom. The fourth-order valence-electron chi connectivity index (χ4n) is 2.50. The smallest absolute Gasteiger partial charge is 0.321 e. The van der Waals surface area contributed by atoms with E-state index in [2.05, 4.69) is 31.1 Å². The number of benzene rings is 2. The second-order valence-electron chi connectivity index (χ2n) is 8.09. The highest BCUT2D eigenvalue weighted by Gasteiger charge is 2.31. The van der Waals surface area contributed by atoms with E-state index in [4.69, 9.17) is 9.47 Å². The minimum atomic E-state index is -1.64. The molecule has 2 rings (SSSR count). The van der Waals surface area contributed by atoms with E-state index < -0.39 is 19.5 Å². The van der Waals surface area contributed by atoms with Crippen molar-refractivity contribution in [1.29, 1.82) is 0 Å². The number of carboxylic acid groups (broad SMARTS) is 1. The minimum absolute atomic E-state index is 0.360. The highest BCUT2D eigenvalue weighted by Crippen LogP contribution is 2.25. The Balaban J connectivity index is 2.03. The first-order valence-electron chi connectivity index (χ1n) is 9.24. The van der Waals surface area contributed by atoms with E-state index in [1.54, 1.807) is 14.0 Å². The molecule has 1 atom stereocenters. The summed E-state index contributed by atoms with van der Waals surface area (Å²) in [4.78, 5) is 11.8. The topological polar surface area (TPSA) is 55.8 Å². The normalized spacial score (nSPS) is 13.0. The lowest BCUT2D eigenvalue weighted by Crippen LogP contribution is -2.30. The average molecular weight is 397 g/mol. The van der Waals surface area contributed by atoms with Crippen LogP contribution in [0.3, 0.4) is 0 Å². The number of carbonyl (C=O) groups is 1. The van der Waals surface area contributed by atoms with Crippen LogP contribution >= 0.6 is 0 Å². The molecule has 2 aromatic carbocycles. The molecule has 28 heavy (non-hydrogen) atoms. The summed E-state index contributed by atoms with van der Waals surface area (Å²) >= 11 is 0. The number of hydrogen-bond acceptors (Lipinski definition) is 3. The van der Waals surface area contributed by atoms with Gasteiger partial charge in [-0.25, -0.2) is 0 Å². The molecule has 2 aromatic rings. The van der Waals surface area contributed by atoms with Gasteiger partial charge in [0, 0.05) is 0 Å². The van der Waals surface area contributed by atoms with Crippen LogP contribution in [0.5, 0.6) is 11.5 Å². The van der Waals surface area contributed by atoms with Crippen molar-refractivity contribution in [3.63, 3.8) is 0 Å². The van der Waals surface area contributed by atoms with E-state index in [0.717, 1.165) is 22.6 Å². The molecule has 1 unspecified atom stereocenters. The summed E-state index contributed by atoms with van der Waals surface area (Å²) in [7, 11) is -0.00250. The first-order valence-corrected chi connectivity index (χ1v) is 12.7. The van der Waals surface area contributed by atoms with Crippen LogP contribution in [0.2, 0.25) is 19.6 Å². The predicted molar refractivity (Wildman–Crippen MR) is 114 cm³/mol. The molecular weight excluding hydrogens is 368 g/mol. The first kappa shape index (κ1) is 21.6. The summed E-state index contributed by atoms with van der Waals surface area (Å²) in [6.07, 6.45) is 0.360. The zero-order chi connectivity index (χ0) is 20.8. The zero-order valence-corrected chi connectivity index (χ0v) is 18.2. The van der Waals surface area contributed by atoms with Gasteiger partial charge in [-0.15, -0.1) is 5.54 Å². The number of methoxy groups -OCH3 is 1. The number of carboxylic acids is 1. The lowest BCUT2D eigenvalue weighted by Gasteiger charge is -2.19. The van der Waals surface area contributed by atoms with Crippen molar-refractivity contribution in [2.24, 2.45) is 5.41 Å². The predicted octanol–water partition coefficient (Wildman–Crippen LogP) is 4.79. The molecule has 0 aliphatic rings. The van der Waals surface area contributed by atoms with Crippen molar-refractivity contribution in [1.82, 2.24) is 0 Å². The zero-order valence-electron chi connectivity index (χ0n) is 17.2. The van der Waals surface area contributed by atoms with Crippen LogP contribution in [-0.4, -0.2) is 26.3 Å². The standard InChI is InChI=1S/C23H28O4Si/c1-23(22(24)25,14-15-28(3,4)5)16-18-6-12-21(13-7-18)27-17-19-8-10-20(26-2)11-9-19/h6-13H,16-17H2,1-5H3,(H,24,25). The van der Waals surface area contributed by atoms with Crippen LogP contribution in [0.4, 0.5) is 0 Å². The molecule has 0 saturated carbocycles. The van der Waals surface area contributed by atoms with Crippen molar-refractivity contribution in [3.05, 3.63) is 59.7 Å². The second-order valence-corrected chi connectivity index (χ2v) is 12.8. The Bertz CT molecular complexity index is 855. The van der Waals surface area contributed by atoms with Gasteiger partial charge in [-0.1, -0.05) is 49.8 Å². The fraction of sp³-hybridized carbons (Fsp3) is 0.348. The number of rotatable bonds is 7. The van der Waals surface area contributed by atoms with Crippen LogP contribution in [0.15, 0.2) is 48.5 Å². The van der Waals surface area contributed by atoms with Gasteiger partial charge in [0.2, 0.25) is 0 Å². The Kier molecular flexibility index (Phi) is 6.93. The van der Waals surface area contributed by atoms with Crippen LogP contribution in [0.25, 0.3) is 0 Å². The Labute approximate surface area is 168 Å². The molecule has 0 aromatic heterocycles. The molecule has 5 heteroatoms. The molecule has 0 spiro atoms. The van der Waals surface area contributed by atoms with Crippen molar-refractivity contribution in [2.75, 3.05) is 7.11 Å². The highest BCUT2D eigenvalue weighted by atomic mass is 28.3. The SMILES string of the molecule is COc1ccc(COc2ccc(CC(C)(C#C[Si](C)(C)C)C(=O)O)cc2)cc1. The van der Waals surface area contributed by atoms with E-state index in [1.807, 2.05) is 48.5 Å². The Hall–Kier alpha value is -2.71. The molecule has 0 radical (unpaired) electrons. The van der Waals surface area contributed by atoms with Crippen LogP contribution < -0.4 is 9.47 Å². The van der Waals surface area contributed by atoms with Crippen molar-refractivity contribution >= 4 is 14.0 Å². The van der Waals surface area contributed by atoms with E-state index in [1.165, 1.54) is 0 Å². The van der Waals surface area contributed by atoms with Gasteiger partial charge in [0.05, 0.1) is 7.11 Å². The quantitative estimate of drug-likeness (QED) is 0.540. The van der Waals surface area contributed by atoms with E-state index in [0.29, 0.717) is 13.0 Å². The molecule has 0 saturated heterocycles. The van der Waals surface area contributed by atoms with Gasteiger partial charge in [-0.3, -0.25) is 4.79 Å². The molecule has 0 heterocycles. The first-order chi connectivity index (χ1) is 13.1. The highest BCUT2D eigenvalue weighted by molar-refractivity contribution is 6.83. The Morgan fingerprint density at radius 3 is 2.04 bits per heavy atom. The maximum absolute atomic E-state index is 11.8. The van der Waals surface area contributed by atoms with E-state index in [-0.39, 0.29) is 0 Å². The molecule has 1 N–H and O–H groups in total. The van der Waals surface area contributed by atoms with Crippen molar-refractivity contribution in [2.45, 2.75) is 39.6 Å². The van der Waals surface area contributed by atoms with Gasteiger partial charge in [0.15, 0.2) is 0 Å². The monoisotopic (exact) mass is 396 g/mol. The van der Waals surface area contributed by atoms with Gasteiger partial charge in [-0.2, -0.15) is 0 Å². The lowest BCUT2D eigenvalue weighted by atomic mass is 9.84. The summed E-state index contributed by atoms with van der Waals surface area (Å²) in [6.45, 7) is 8.47. The van der Waals surface area contributed by atoms with Gasteiger partial charge < -0.3 is 14.6 Å². The third-order valence-electron chi connectivity index (χ3n) is 4.23. The van der Waals surface area contributed by atoms with Gasteiger partial charge in [-0.05, 0) is 48.7 Å². The maximum atomic E-state index is 11.8. The third kappa shape index (κ3) is 6.47. The summed E-state index contributed by atoms with van der Waals surface area (Å²) in [5, 5.41) is 9.67. The van der Waals surface area contributed by atoms with Gasteiger partial charge >= 0.3 is 5.97 Å². The lowest BCUT2D eigenvalue weighted by molar-refractivity contribution is -0.144. The van der Waals surface area contributed by atoms with Crippen molar-refractivity contribution in [3.8, 4) is 23.0 Å². The summed E-state index contributed by atoms with van der Waals surface area (Å²) < 4.78 is 11.0. The fourth-order valence-corrected chi connectivity index (χ4v) is 3.15. The number of ether oxygens (including phenoxy) is 2. The maximum Gasteiger partial charge on any atom is 0.321 e. The molecular formula is C23H28O4Si. The molecule has 0 aliphatic carbocycles. The van der Waals surface area contributed by atoms with Crippen LogP contribution in [0.1, 0.15) is 18.1 Å². The molecule has 0 fully saturated rings. The second kappa shape index (κ2) is 8.98. The summed E-state index contributed by atoms with van der Waals surface area (Å²) in [6, 6.07) is 15.3. The van der Waals surface area contributed by atoms with Gasteiger partial charge in [0.25, 0.3) is 0 Å². The van der Waals surface area contributed by atoms with Crippen LogP contribution in [0, 0.1) is 16.9 Å². The largest absolute Gasteiger partial charge is 0.497 e. The van der Waals surface area contributed by atoms with Crippen LogP contribution in [-0.2, 0) is 17.8 Å². The molecule has 0 amide bonds. The summed E-state index contributed by atoms with van der Waals surface area (Å²) in [5.74, 6) is 3.69. The molecule has 0 bridgehead atoms. The summed E-state index contributed by atoms with van der Waals surface area (Å²) in [5.41, 5.74) is 4.07. The van der Waals surface area contributed by atoms with E-state index in [9.17, 15) is 9.90 Å². The minimum Gasteiger partial charge on any atom is -0.497 e. The number of aliphatic carboxylic acids is 1. The molecule has 0 aliphatic heterocycles. The van der Waals surface area contributed by atoms with Gasteiger partial charge in [0.1, 0.15) is 31.6 Å². The molecule has 4 nitrogen and oxygen atoms in total. The average Bonchev–Trinajstić information content (AvgIpc) is 2.65. The molecule has 148 valence electrons. The third-order valence-corrected chi connectivity index (χ3v) is 5.11. The van der Waals surface area contributed by atoms with Crippen molar-refractivity contribution < 1.29 is 19.4 Å².